The van der Waals surface area contributed by atoms with Crippen molar-refractivity contribution in [2.24, 2.45) is 0 Å². The van der Waals surface area contributed by atoms with Gasteiger partial charge in [0.05, 0.1) is 11.0 Å². The third-order valence-electron chi connectivity index (χ3n) is 10.3. The summed E-state index contributed by atoms with van der Waals surface area (Å²) in [4.78, 5) is 2.36. The number of rotatable bonds is 6. The Morgan fingerprint density at radius 1 is 0.327 bits per heavy atom. The molecule has 10 rings (SSSR count). The summed E-state index contributed by atoms with van der Waals surface area (Å²) < 4.78 is 2.38. The molecule has 1 aromatic heterocycles. The van der Waals surface area contributed by atoms with Gasteiger partial charge < -0.3 is 9.47 Å². The quantitative estimate of drug-likeness (QED) is 0.172. The van der Waals surface area contributed by atoms with Crippen LogP contribution in [0.2, 0.25) is 0 Å². The van der Waals surface area contributed by atoms with E-state index in [1.165, 1.54) is 65.6 Å². The Morgan fingerprint density at radius 3 is 1.62 bits per heavy atom. The predicted molar refractivity (Wildman–Crippen MR) is 221 cm³/mol. The van der Waals surface area contributed by atoms with Crippen molar-refractivity contribution in [2.45, 2.75) is 0 Å². The highest BCUT2D eigenvalue weighted by atomic mass is 15.1. The van der Waals surface area contributed by atoms with E-state index in [9.17, 15) is 0 Å². The van der Waals surface area contributed by atoms with Crippen molar-refractivity contribution in [3.63, 3.8) is 0 Å². The van der Waals surface area contributed by atoms with Crippen molar-refractivity contribution in [2.75, 3.05) is 4.90 Å². The van der Waals surface area contributed by atoms with Gasteiger partial charge in [0.1, 0.15) is 0 Å². The minimum atomic E-state index is 1.10. The van der Waals surface area contributed by atoms with Crippen molar-refractivity contribution in [1.29, 1.82) is 0 Å². The van der Waals surface area contributed by atoms with Crippen LogP contribution in [0, 0.1) is 0 Å². The zero-order valence-corrected chi connectivity index (χ0v) is 28.5. The van der Waals surface area contributed by atoms with Gasteiger partial charge in [0.25, 0.3) is 0 Å². The molecule has 0 radical (unpaired) electrons. The lowest BCUT2D eigenvalue weighted by Gasteiger charge is -2.26. The van der Waals surface area contributed by atoms with Crippen molar-refractivity contribution in [3.8, 4) is 27.9 Å². The standard InChI is InChI=1S/C50H34N2/c1-3-14-35(15-4-1)44-24-11-16-36-17-12-25-45(50(36)44)39-29-28-38-33-43(31-30-37(38)32-39)51(40-18-5-2-6-19-40)41-20-13-21-42(34-41)52-48-26-9-7-22-46(48)47-23-8-10-27-49(47)52/h1-34H. The maximum atomic E-state index is 2.38. The Kier molecular flexibility index (Phi) is 7.18. The highest BCUT2D eigenvalue weighted by Crippen LogP contribution is 2.41. The zero-order valence-electron chi connectivity index (χ0n) is 28.5. The first-order chi connectivity index (χ1) is 25.8. The molecule has 0 spiro atoms. The van der Waals surface area contributed by atoms with Crippen molar-refractivity contribution in [1.82, 2.24) is 4.57 Å². The second kappa shape index (κ2) is 12.5. The number of anilines is 3. The van der Waals surface area contributed by atoms with Gasteiger partial charge in [0, 0.05) is 33.5 Å². The van der Waals surface area contributed by atoms with Crippen molar-refractivity contribution < 1.29 is 0 Å². The van der Waals surface area contributed by atoms with E-state index in [1.807, 2.05) is 0 Å². The second-order valence-corrected chi connectivity index (χ2v) is 13.4. The van der Waals surface area contributed by atoms with Gasteiger partial charge in [0.15, 0.2) is 0 Å². The van der Waals surface area contributed by atoms with Crippen LogP contribution in [-0.4, -0.2) is 4.57 Å². The third-order valence-corrected chi connectivity index (χ3v) is 10.3. The van der Waals surface area contributed by atoms with Gasteiger partial charge in [-0.3, -0.25) is 0 Å². The first-order valence-corrected chi connectivity index (χ1v) is 17.9. The molecule has 0 fully saturated rings. The minimum absolute atomic E-state index is 1.10. The van der Waals surface area contributed by atoms with Gasteiger partial charge in [-0.15, -0.1) is 0 Å². The molecule has 244 valence electrons. The molecule has 0 amide bonds. The van der Waals surface area contributed by atoms with Crippen LogP contribution in [0.1, 0.15) is 0 Å². The largest absolute Gasteiger partial charge is 0.310 e. The van der Waals surface area contributed by atoms with Gasteiger partial charge in [-0.05, 0) is 104 Å². The molecule has 0 unspecified atom stereocenters. The number of benzene rings is 9. The van der Waals surface area contributed by atoms with Gasteiger partial charge >= 0.3 is 0 Å². The van der Waals surface area contributed by atoms with Crippen LogP contribution < -0.4 is 4.90 Å². The Balaban J connectivity index is 1.09. The number of fused-ring (bicyclic) bond motifs is 5. The van der Waals surface area contributed by atoms with Gasteiger partial charge in [0.2, 0.25) is 0 Å². The molecule has 0 saturated carbocycles. The molecule has 0 aliphatic rings. The molecule has 2 heteroatoms. The Bertz CT molecular complexity index is 2840. The first-order valence-electron chi connectivity index (χ1n) is 17.9. The predicted octanol–water partition coefficient (Wildman–Crippen LogP) is 13.9. The fourth-order valence-corrected chi connectivity index (χ4v) is 7.98. The highest BCUT2D eigenvalue weighted by molar-refractivity contribution is 6.10. The first kappa shape index (κ1) is 30.0. The Morgan fingerprint density at radius 2 is 0.885 bits per heavy atom. The maximum Gasteiger partial charge on any atom is 0.0541 e. The molecule has 0 saturated heterocycles. The lowest BCUT2D eigenvalue weighted by Crippen LogP contribution is -2.10. The normalized spacial score (nSPS) is 11.5. The van der Waals surface area contributed by atoms with Gasteiger partial charge in [-0.1, -0.05) is 146 Å². The summed E-state index contributed by atoms with van der Waals surface area (Å²) in [5, 5.41) is 7.46. The number of hydrogen-bond acceptors (Lipinski definition) is 1. The van der Waals surface area contributed by atoms with Crippen LogP contribution in [0.3, 0.4) is 0 Å². The topological polar surface area (TPSA) is 8.17 Å². The van der Waals surface area contributed by atoms with Crippen LogP contribution in [0.25, 0.3) is 71.3 Å². The molecule has 0 aliphatic carbocycles. The zero-order chi connectivity index (χ0) is 34.4. The summed E-state index contributed by atoms with van der Waals surface area (Å²) >= 11 is 0. The minimum Gasteiger partial charge on any atom is -0.310 e. The van der Waals surface area contributed by atoms with Gasteiger partial charge in [-0.25, -0.2) is 0 Å². The molecule has 0 N–H and O–H groups in total. The van der Waals surface area contributed by atoms with E-state index in [0.717, 1.165) is 22.7 Å². The molecule has 0 aliphatic heterocycles. The SMILES string of the molecule is c1ccc(-c2cccc3cccc(-c4ccc5cc(N(c6ccccc6)c6cccc(-n7c8ccccc8c8ccccc87)c6)ccc5c4)c23)cc1. The number of para-hydroxylation sites is 3. The average Bonchev–Trinajstić information content (AvgIpc) is 3.56. The molecule has 2 nitrogen and oxygen atoms in total. The molecule has 0 bridgehead atoms. The lowest BCUT2D eigenvalue weighted by atomic mass is 9.91. The smallest absolute Gasteiger partial charge is 0.0541 e. The van der Waals surface area contributed by atoms with Crippen LogP contribution in [-0.2, 0) is 0 Å². The number of aromatic nitrogens is 1. The van der Waals surface area contributed by atoms with E-state index in [4.69, 9.17) is 0 Å². The fraction of sp³-hybridized carbons (Fsp3) is 0. The van der Waals surface area contributed by atoms with Crippen LogP contribution in [0.15, 0.2) is 206 Å². The molecule has 9 aromatic carbocycles. The number of nitrogens with zero attached hydrogens (tertiary/aromatic N) is 2. The van der Waals surface area contributed by atoms with E-state index >= 15 is 0 Å². The second-order valence-electron chi connectivity index (χ2n) is 13.4. The van der Waals surface area contributed by atoms with Crippen molar-refractivity contribution in [3.05, 3.63) is 206 Å². The molecule has 1 heterocycles. The average molecular weight is 663 g/mol. The maximum absolute atomic E-state index is 2.38. The van der Waals surface area contributed by atoms with E-state index in [0.29, 0.717) is 0 Å². The fourth-order valence-electron chi connectivity index (χ4n) is 7.98. The van der Waals surface area contributed by atoms with Crippen LogP contribution in [0.5, 0.6) is 0 Å². The third kappa shape index (κ3) is 5.04. The monoisotopic (exact) mass is 662 g/mol. The summed E-state index contributed by atoms with van der Waals surface area (Å²) in [5.41, 5.74) is 11.8. The van der Waals surface area contributed by atoms with Crippen LogP contribution >= 0.6 is 0 Å². The summed E-state index contributed by atoms with van der Waals surface area (Å²) in [6, 6.07) is 74.6. The molecule has 10 aromatic rings. The van der Waals surface area contributed by atoms with E-state index in [2.05, 4.69) is 216 Å². The molecular weight excluding hydrogens is 629 g/mol. The number of hydrogen-bond donors (Lipinski definition) is 0. The summed E-state index contributed by atoms with van der Waals surface area (Å²) in [5.74, 6) is 0. The molecule has 0 atom stereocenters. The Hall–Kier alpha value is -6.90. The summed E-state index contributed by atoms with van der Waals surface area (Å²) in [7, 11) is 0. The molecular formula is C50H34N2. The van der Waals surface area contributed by atoms with E-state index in [-0.39, 0.29) is 0 Å². The molecule has 52 heavy (non-hydrogen) atoms. The lowest BCUT2D eigenvalue weighted by molar-refractivity contribution is 1.17. The summed E-state index contributed by atoms with van der Waals surface area (Å²) in [6.45, 7) is 0. The van der Waals surface area contributed by atoms with E-state index in [1.54, 1.807) is 0 Å². The highest BCUT2D eigenvalue weighted by Gasteiger charge is 2.17. The van der Waals surface area contributed by atoms with Gasteiger partial charge in [-0.2, -0.15) is 0 Å². The Labute approximate surface area is 303 Å². The van der Waals surface area contributed by atoms with Crippen LogP contribution in [0.4, 0.5) is 17.1 Å². The van der Waals surface area contributed by atoms with Crippen molar-refractivity contribution >= 4 is 60.4 Å². The summed E-state index contributed by atoms with van der Waals surface area (Å²) in [6.07, 6.45) is 0. The van der Waals surface area contributed by atoms with E-state index < -0.39 is 0 Å².